The fourth-order valence-corrected chi connectivity index (χ4v) is 1.91. The summed E-state index contributed by atoms with van der Waals surface area (Å²) in [4.78, 5) is 4.60. The van der Waals surface area contributed by atoms with Crippen molar-refractivity contribution < 1.29 is 4.39 Å². The minimum absolute atomic E-state index is 0.228. The third-order valence-corrected chi connectivity index (χ3v) is 2.99. The van der Waals surface area contributed by atoms with Crippen LogP contribution in [-0.4, -0.2) is 55.2 Å². The molecule has 1 rings (SSSR count). The van der Waals surface area contributed by atoms with E-state index in [0.29, 0.717) is 18.6 Å². The van der Waals surface area contributed by atoms with Crippen LogP contribution >= 0.6 is 0 Å². The molecule has 0 saturated carbocycles. The molecule has 78 valence electrons. The van der Waals surface area contributed by atoms with Crippen molar-refractivity contribution in [3.8, 4) is 0 Å². The average Bonchev–Trinajstić information content (AvgIpc) is 2.52. The molecule has 0 aromatic carbocycles. The van der Waals surface area contributed by atoms with Crippen LogP contribution in [-0.2, 0) is 0 Å². The molecule has 1 heterocycles. The highest BCUT2D eigenvalue weighted by atomic mass is 19.1. The lowest BCUT2D eigenvalue weighted by Gasteiger charge is -2.25. The van der Waals surface area contributed by atoms with Gasteiger partial charge in [-0.15, -0.1) is 0 Å². The van der Waals surface area contributed by atoms with Crippen molar-refractivity contribution in [1.29, 1.82) is 0 Å². The minimum atomic E-state index is -0.228. The van der Waals surface area contributed by atoms with Gasteiger partial charge in [0.25, 0.3) is 0 Å². The summed E-state index contributed by atoms with van der Waals surface area (Å²) in [5.41, 5.74) is 0. The van der Waals surface area contributed by atoms with Crippen LogP contribution in [0, 0.1) is 0 Å². The second-order valence-electron chi connectivity index (χ2n) is 4.20. The third kappa shape index (κ3) is 2.92. The van der Waals surface area contributed by atoms with E-state index < -0.39 is 0 Å². The summed E-state index contributed by atoms with van der Waals surface area (Å²) in [6.45, 7) is 7.06. The fourth-order valence-electron chi connectivity index (χ4n) is 1.91. The van der Waals surface area contributed by atoms with Crippen LogP contribution in [0.15, 0.2) is 0 Å². The van der Waals surface area contributed by atoms with E-state index in [1.165, 1.54) is 13.0 Å². The molecule has 13 heavy (non-hydrogen) atoms. The van der Waals surface area contributed by atoms with Gasteiger partial charge in [-0.1, -0.05) is 0 Å². The summed E-state index contributed by atoms with van der Waals surface area (Å²) in [6.07, 6.45) is 1.19. The zero-order chi connectivity index (χ0) is 9.84. The number of rotatable bonds is 4. The Hall–Kier alpha value is -0.150. The normalized spacial score (nSPS) is 24.9. The van der Waals surface area contributed by atoms with Crippen LogP contribution < -0.4 is 0 Å². The second kappa shape index (κ2) is 4.91. The van der Waals surface area contributed by atoms with E-state index >= 15 is 0 Å². The summed E-state index contributed by atoms with van der Waals surface area (Å²) in [7, 11) is 2.02. The first-order chi connectivity index (χ1) is 6.15. The number of alkyl halides is 1. The van der Waals surface area contributed by atoms with Crippen LogP contribution in [0.4, 0.5) is 4.39 Å². The number of likely N-dealkylation sites (N-methyl/N-ethyl adjacent to an activating group) is 1. The Kier molecular flexibility index (Phi) is 4.13. The van der Waals surface area contributed by atoms with Gasteiger partial charge in [0.1, 0.15) is 6.67 Å². The van der Waals surface area contributed by atoms with Crippen molar-refractivity contribution in [2.24, 2.45) is 0 Å². The Morgan fingerprint density at radius 2 is 2.23 bits per heavy atom. The van der Waals surface area contributed by atoms with Gasteiger partial charge in [-0.25, -0.2) is 4.39 Å². The molecule has 1 aliphatic heterocycles. The van der Waals surface area contributed by atoms with Gasteiger partial charge in [-0.05, 0) is 27.3 Å². The van der Waals surface area contributed by atoms with Gasteiger partial charge in [0.15, 0.2) is 0 Å². The second-order valence-corrected chi connectivity index (χ2v) is 4.20. The molecule has 1 aliphatic rings. The number of likely N-dealkylation sites (tertiary alicyclic amines) is 1. The third-order valence-electron chi connectivity index (χ3n) is 2.99. The first-order valence-electron chi connectivity index (χ1n) is 5.15. The van der Waals surface area contributed by atoms with Crippen molar-refractivity contribution in [1.82, 2.24) is 9.80 Å². The number of hydrogen-bond donors (Lipinski definition) is 0. The highest BCUT2D eigenvalue weighted by Crippen LogP contribution is 2.16. The van der Waals surface area contributed by atoms with Gasteiger partial charge < -0.3 is 0 Å². The number of nitrogens with zero attached hydrogens (tertiary/aromatic N) is 2. The van der Waals surface area contributed by atoms with Crippen molar-refractivity contribution in [3.05, 3.63) is 0 Å². The largest absolute Gasteiger partial charge is 0.300 e. The topological polar surface area (TPSA) is 6.48 Å². The number of hydrogen-bond acceptors (Lipinski definition) is 2. The molecule has 1 fully saturated rings. The quantitative estimate of drug-likeness (QED) is 0.657. The van der Waals surface area contributed by atoms with E-state index in [2.05, 4.69) is 23.6 Å². The predicted octanol–water partition coefficient (Wildman–Crippen LogP) is 1.37. The van der Waals surface area contributed by atoms with E-state index in [0.717, 1.165) is 6.54 Å². The van der Waals surface area contributed by atoms with Crippen molar-refractivity contribution in [2.75, 3.05) is 33.4 Å². The molecule has 3 heteroatoms. The Bertz CT molecular complexity index is 150. The van der Waals surface area contributed by atoms with Crippen LogP contribution in [0.5, 0.6) is 0 Å². The molecule has 0 amide bonds. The van der Waals surface area contributed by atoms with E-state index in [4.69, 9.17) is 0 Å². The summed E-state index contributed by atoms with van der Waals surface area (Å²) < 4.78 is 12.1. The van der Waals surface area contributed by atoms with Gasteiger partial charge in [-0.3, -0.25) is 9.80 Å². The summed E-state index contributed by atoms with van der Waals surface area (Å²) in [6, 6.07) is 1.20. The maximum absolute atomic E-state index is 12.1. The Balaban J connectivity index is 2.31. The molecule has 0 aromatic rings. The van der Waals surface area contributed by atoms with Gasteiger partial charge >= 0.3 is 0 Å². The van der Waals surface area contributed by atoms with E-state index in [1.807, 2.05) is 7.05 Å². The highest BCUT2D eigenvalue weighted by molar-refractivity contribution is 4.83. The molecule has 0 unspecified atom stereocenters. The highest BCUT2D eigenvalue weighted by Gasteiger charge is 2.26. The van der Waals surface area contributed by atoms with E-state index in [-0.39, 0.29) is 6.67 Å². The monoisotopic (exact) mass is 188 g/mol. The first kappa shape index (κ1) is 10.9. The zero-order valence-electron chi connectivity index (χ0n) is 8.96. The molecule has 0 N–H and O–H groups in total. The fraction of sp³-hybridized carbons (Fsp3) is 1.00. The summed E-state index contributed by atoms with van der Waals surface area (Å²) in [5, 5.41) is 0. The van der Waals surface area contributed by atoms with Crippen LogP contribution in [0.25, 0.3) is 0 Å². The van der Waals surface area contributed by atoms with Crippen molar-refractivity contribution >= 4 is 0 Å². The maximum Gasteiger partial charge on any atom is 0.102 e. The lowest BCUT2D eigenvalue weighted by atomic mass is 10.2. The molecular weight excluding hydrogens is 167 g/mol. The Labute approximate surface area is 80.7 Å². The molecular formula is C10H21FN2. The first-order valence-corrected chi connectivity index (χ1v) is 5.15. The van der Waals surface area contributed by atoms with Crippen molar-refractivity contribution in [2.45, 2.75) is 32.4 Å². The molecule has 1 atom stereocenters. The van der Waals surface area contributed by atoms with Crippen LogP contribution in [0.3, 0.4) is 0 Å². The number of halogens is 1. The smallest absolute Gasteiger partial charge is 0.102 e. The zero-order valence-corrected chi connectivity index (χ0v) is 8.96. The van der Waals surface area contributed by atoms with Crippen molar-refractivity contribution in [3.63, 3.8) is 0 Å². The average molecular weight is 188 g/mol. The van der Waals surface area contributed by atoms with Crippen LogP contribution in [0.1, 0.15) is 20.3 Å². The van der Waals surface area contributed by atoms with Gasteiger partial charge in [0, 0.05) is 31.7 Å². The predicted molar refractivity (Wildman–Crippen MR) is 53.7 cm³/mol. The van der Waals surface area contributed by atoms with Crippen LogP contribution in [0.2, 0.25) is 0 Å². The molecule has 0 bridgehead atoms. The summed E-state index contributed by atoms with van der Waals surface area (Å²) in [5.74, 6) is 0. The molecule has 2 nitrogen and oxygen atoms in total. The summed E-state index contributed by atoms with van der Waals surface area (Å²) >= 11 is 0. The molecule has 0 aliphatic carbocycles. The Morgan fingerprint density at radius 3 is 2.69 bits per heavy atom. The maximum atomic E-state index is 12.1. The lowest BCUT2D eigenvalue weighted by molar-refractivity contribution is 0.202. The lowest BCUT2D eigenvalue weighted by Crippen LogP contribution is -2.37. The SMILES string of the molecule is CC(C)N1CC[C@H](N(C)CCF)C1. The van der Waals surface area contributed by atoms with Gasteiger partial charge in [0.2, 0.25) is 0 Å². The van der Waals surface area contributed by atoms with Gasteiger partial charge in [0.05, 0.1) is 0 Å². The van der Waals surface area contributed by atoms with E-state index in [9.17, 15) is 4.39 Å². The molecule has 0 aromatic heterocycles. The van der Waals surface area contributed by atoms with Gasteiger partial charge in [-0.2, -0.15) is 0 Å². The standard InChI is InChI=1S/C10H21FN2/c1-9(2)13-6-4-10(8-13)12(3)7-5-11/h9-10H,4-8H2,1-3H3/t10-/m0/s1. The Morgan fingerprint density at radius 1 is 1.54 bits per heavy atom. The minimum Gasteiger partial charge on any atom is -0.300 e. The van der Waals surface area contributed by atoms with E-state index in [1.54, 1.807) is 0 Å². The molecule has 0 radical (unpaired) electrons. The molecule has 1 saturated heterocycles. The molecule has 0 spiro atoms.